The number of nitrogen functional groups attached to an aromatic ring is 1. The number of esters is 2. The zero-order chi connectivity index (χ0) is 34.0. The van der Waals surface area contributed by atoms with Crippen LogP contribution in [0.5, 0.6) is 11.5 Å². The second-order valence-corrected chi connectivity index (χ2v) is 13.2. The van der Waals surface area contributed by atoms with Crippen molar-refractivity contribution in [3.8, 4) is 11.5 Å². The lowest BCUT2D eigenvalue weighted by atomic mass is 9.69. The molecule has 5 aromatic rings. The number of piperidine rings is 1. The predicted molar refractivity (Wildman–Crippen MR) is 186 cm³/mol. The molecular formula is C37H37BrN4O6. The van der Waals surface area contributed by atoms with Crippen LogP contribution in [0.4, 0.5) is 5.69 Å². The number of fused-ring (bicyclic) bond motifs is 2. The van der Waals surface area contributed by atoms with E-state index in [1.165, 1.54) is 46.4 Å². The van der Waals surface area contributed by atoms with Crippen molar-refractivity contribution in [3.63, 3.8) is 0 Å². The first-order chi connectivity index (χ1) is 23.1. The monoisotopic (exact) mass is 712 g/mol. The molecule has 2 aliphatic rings. The van der Waals surface area contributed by atoms with E-state index in [9.17, 15) is 14.7 Å². The number of halogens is 1. The number of carbonyl (C=O) groups is 2. The molecule has 0 radical (unpaired) electrons. The zero-order valence-electron chi connectivity index (χ0n) is 26.9. The second kappa shape index (κ2) is 13.8. The number of rotatable bonds is 6. The maximum absolute atomic E-state index is 12.5. The second-order valence-electron chi connectivity index (χ2n) is 12.3. The van der Waals surface area contributed by atoms with Crippen LogP contribution >= 0.6 is 15.9 Å². The number of anilines is 1. The van der Waals surface area contributed by atoms with Crippen LogP contribution in [0.15, 0.2) is 95.9 Å². The van der Waals surface area contributed by atoms with E-state index < -0.39 is 11.6 Å². The van der Waals surface area contributed by atoms with Crippen LogP contribution in [0, 0.1) is 5.92 Å². The number of ether oxygens (including phenoxy) is 3. The van der Waals surface area contributed by atoms with Gasteiger partial charge in [-0.1, -0.05) is 30.3 Å². The van der Waals surface area contributed by atoms with Crippen molar-refractivity contribution in [2.24, 2.45) is 13.0 Å². The van der Waals surface area contributed by atoms with Crippen molar-refractivity contribution < 1.29 is 28.9 Å². The number of phenols is 1. The number of nitrogens with two attached hydrogens (primary N) is 1. The van der Waals surface area contributed by atoms with Crippen molar-refractivity contribution in [3.05, 3.63) is 118 Å². The number of carbonyl (C=O) groups excluding carboxylic acids is 2. The van der Waals surface area contributed by atoms with Crippen LogP contribution in [0.3, 0.4) is 0 Å². The minimum absolute atomic E-state index is 0.0862. The van der Waals surface area contributed by atoms with Crippen molar-refractivity contribution in [1.82, 2.24) is 14.5 Å². The van der Waals surface area contributed by atoms with Crippen LogP contribution in [-0.4, -0.2) is 64.8 Å². The number of para-hydroxylation sites is 1. The first-order valence-corrected chi connectivity index (χ1v) is 16.3. The molecule has 0 bridgehead atoms. The molecule has 11 heteroatoms. The quantitative estimate of drug-likeness (QED) is 0.122. The summed E-state index contributed by atoms with van der Waals surface area (Å²) in [5.74, 6) is -0.555. The predicted octanol–water partition coefficient (Wildman–Crippen LogP) is 6.10. The van der Waals surface area contributed by atoms with Gasteiger partial charge >= 0.3 is 11.9 Å². The Morgan fingerprint density at radius 3 is 2.56 bits per heavy atom. The topological polar surface area (TPSA) is 129 Å². The van der Waals surface area contributed by atoms with Gasteiger partial charge < -0.3 is 29.6 Å². The van der Waals surface area contributed by atoms with Gasteiger partial charge in [0.05, 0.1) is 12.2 Å². The molecule has 1 fully saturated rings. The maximum atomic E-state index is 12.5. The van der Waals surface area contributed by atoms with Gasteiger partial charge in [0.2, 0.25) is 0 Å². The van der Waals surface area contributed by atoms with Crippen LogP contribution in [0.1, 0.15) is 38.3 Å². The Hall–Kier alpha value is -4.71. The number of likely N-dealkylation sites (tertiary alicyclic amines) is 1. The van der Waals surface area contributed by atoms with E-state index in [1.54, 1.807) is 36.5 Å². The summed E-state index contributed by atoms with van der Waals surface area (Å²) in [6.45, 7) is 1.21. The van der Waals surface area contributed by atoms with Crippen LogP contribution in [0.25, 0.3) is 10.9 Å². The highest BCUT2D eigenvalue weighted by molar-refractivity contribution is 9.10. The minimum Gasteiger partial charge on any atom is -0.507 e. The Labute approximate surface area is 287 Å². The molecule has 3 unspecified atom stereocenters. The molecular weight excluding hydrogens is 676 g/mol. The third-order valence-electron chi connectivity index (χ3n) is 9.12. The van der Waals surface area contributed by atoms with E-state index in [-0.39, 0.29) is 29.2 Å². The number of likely N-dealkylation sites (N-methyl/N-ethyl adjacent to an activating group) is 1. The average Bonchev–Trinajstić information content (AvgIpc) is 3.40. The Bertz CT molecular complexity index is 1960. The number of pyridine rings is 1. The average molecular weight is 714 g/mol. The normalized spacial score (nSPS) is 19.9. The highest BCUT2D eigenvalue weighted by Gasteiger charge is 2.52. The molecule has 0 amide bonds. The summed E-state index contributed by atoms with van der Waals surface area (Å²) >= 11 is 3.35. The molecule has 248 valence electrons. The molecule has 3 N–H and O–H groups in total. The van der Waals surface area contributed by atoms with Crippen molar-refractivity contribution in [1.29, 1.82) is 0 Å². The van der Waals surface area contributed by atoms with Crippen LogP contribution in [0.2, 0.25) is 0 Å². The standard InChI is InChI=1S/C24H26BrN3O3.C13H11NO3/c1-27-13-17-8-21-24(30-3,19-5-4-6-20(27)22(17)19)9-15(12-28(21)2)14-31-23(29)16-7-18(25)11-26-10-16;14-9-6-7-11(12(15)8-9)13(16)17-10-4-2-1-3-5-10/h4-7,10-11,13,15,21H,8-9,12,14H2,1-3H3;1-8,15H,14H2. The lowest BCUT2D eigenvalue weighted by Crippen LogP contribution is -2.59. The van der Waals surface area contributed by atoms with E-state index in [0.717, 1.165) is 23.9 Å². The largest absolute Gasteiger partial charge is 0.507 e. The number of hydrogen-bond acceptors (Lipinski definition) is 9. The third kappa shape index (κ3) is 6.53. The molecule has 2 aromatic heterocycles. The summed E-state index contributed by atoms with van der Waals surface area (Å²) < 4.78 is 20.1. The van der Waals surface area contributed by atoms with Crippen molar-refractivity contribution >= 4 is 44.5 Å². The number of phenolic OH excluding ortho intramolecular Hbond substituents is 1. The molecule has 1 aliphatic carbocycles. The Morgan fingerprint density at radius 1 is 1.04 bits per heavy atom. The number of aryl methyl sites for hydroxylation is 1. The molecule has 3 aromatic carbocycles. The Kier molecular flexibility index (Phi) is 9.54. The van der Waals surface area contributed by atoms with E-state index >= 15 is 0 Å². The summed E-state index contributed by atoms with van der Waals surface area (Å²) in [7, 11) is 6.07. The molecule has 1 aliphatic heterocycles. The van der Waals surface area contributed by atoms with Gasteiger partial charge in [-0.3, -0.25) is 9.88 Å². The van der Waals surface area contributed by atoms with Crippen molar-refractivity contribution in [2.75, 3.05) is 33.0 Å². The molecule has 3 heterocycles. The minimum atomic E-state index is -0.617. The first-order valence-electron chi connectivity index (χ1n) is 15.6. The zero-order valence-corrected chi connectivity index (χ0v) is 28.5. The number of benzene rings is 3. The van der Waals surface area contributed by atoms with E-state index in [4.69, 9.17) is 19.9 Å². The fraction of sp³-hybridized carbons (Fsp3) is 0.270. The molecule has 7 rings (SSSR count). The maximum Gasteiger partial charge on any atom is 0.347 e. The van der Waals surface area contributed by atoms with Gasteiger partial charge in [-0.2, -0.15) is 0 Å². The SMILES string of the molecule is COC12CC(COC(=O)c3cncc(Br)c3)CN(C)C1Cc1cn(C)c3cccc2c13.Nc1ccc(C(=O)Oc2ccccc2)c(O)c1. The number of aromatic nitrogens is 2. The smallest absolute Gasteiger partial charge is 0.347 e. The molecule has 10 nitrogen and oxygen atoms in total. The highest BCUT2D eigenvalue weighted by Crippen LogP contribution is 2.49. The van der Waals surface area contributed by atoms with Gasteiger partial charge in [0, 0.05) is 78.4 Å². The molecule has 48 heavy (non-hydrogen) atoms. The Balaban J connectivity index is 0.000000200. The van der Waals surface area contributed by atoms with E-state index in [0.29, 0.717) is 23.6 Å². The van der Waals surface area contributed by atoms with Gasteiger partial charge in [-0.15, -0.1) is 0 Å². The highest BCUT2D eigenvalue weighted by atomic mass is 79.9. The summed E-state index contributed by atoms with van der Waals surface area (Å²) in [5.41, 5.74) is 9.84. The van der Waals surface area contributed by atoms with Crippen LogP contribution < -0.4 is 10.5 Å². The van der Waals surface area contributed by atoms with Gasteiger partial charge in [-0.25, -0.2) is 9.59 Å². The Morgan fingerprint density at radius 2 is 1.83 bits per heavy atom. The van der Waals surface area contributed by atoms with Gasteiger partial charge in [0.15, 0.2) is 0 Å². The summed E-state index contributed by atoms with van der Waals surface area (Å²) in [4.78, 5) is 30.7. The van der Waals surface area contributed by atoms with Gasteiger partial charge in [-0.05, 0) is 83.3 Å². The molecule has 3 atom stereocenters. The number of nitrogens with zero attached hydrogens (tertiary/aromatic N) is 3. The summed E-state index contributed by atoms with van der Waals surface area (Å²) in [5, 5.41) is 10.9. The summed E-state index contributed by atoms with van der Waals surface area (Å²) in [6.07, 6.45) is 7.20. The lowest BCUT2D eigenvalue weighted by Gasteiger charge is -2.53. The van der Waals surface area contributed by atoms with E-state index in [2.05, 4.69) is 68.9 Å². The van der Waals surface area contributed by atoms with Gasteiger partial charge in [0.1, 0.15) is 22.7 Å². The van der Waals surface area contributed by atoms with Crippen molar-refractivity contribution in [2.45, 2.75) is 24.5 Å². The molecule has 1 saturated heterocycles. The lowest BCUT2D eigenvalue weighted by molar-refractivity contribution is -0.131. The van der Waals surface area contributed by atoms with Gasteiger partial charge in [0.25, 0.3) is 0 Å². The number of methoxy groups -OCH3 is 1. The molecule has 0 spiro atoms. The van der Waals surface area contributed by atoms with E-state index in [1.807, 2.05) is 13.2 Å². The number of aromatic hydroxyl groups is 1. The fourth-order valence-electron chi connectivity index (χ4n) is 7.00. The summed E-state index contributed by atoms with van der Waals surface area (Å²) in [6, 6.07) is 21.4. The van der Waals surface area contributed by atoms with Crippen LogP contribution in [-0.2, 0) is 28.5 Å². The first kappa shape index (κ1) is 33.2. The number of hydrogen-bond donors (Lipinski definition) is 2. The third-order valence-corrected chi connectivity index (χ3v) is 9.55. The molecule has 0 saturated carbocycles. The fourth-order valence-corrected chi connectivity index (χ4v) is 7.36.